The second kappa shape index (κ2) is 10.8. The highest BCUT2D eigenvalue weighted by molar-refractivity contribution is 6.36. The molecule has 0 aliphatic rings. The first-order valence-electron chi connectivity index (χ1n) is 9.80. The van der Waals surface area contributed by atoms with Gasteiger partial charge in [0.25, 0.3) is 5.91 Å². The number of carbonyl (C=O) groups excluding carboxylic acids is 1. The number of alkyl halides is 3. The van der Waals surface area contributed by atoms with E-state index in [-0.39, 0.29) is 28.0 Å². The average Bonchev–Trinajstić information content (AvgIpc) is 2.79. The van der Waals surface area contributed by atoms with Gasteiger partial charge in [-0.25, -0.2) is 4.39 Å². The van der Waals surface area contributed by atoms with Crippen LogP contribution in [-0.2, 0) is 11.0 Å². The van der Waals surface area contributed by atoms with Crippen molar-refractivity contribution in [3.8, 4) is 0 Å². The van der Waals surface area contributed by atoms with Crippen molar-refractivity contribution in [3.63, 3.8) is 0 Å². The van der Waals surface area contributed by atoms with Crippen molar-refractivity contribution in [2.75, 3.05) is 6.54 Å². The van der Waals surface area contributed by atoms with E-state index in [1.54, 1.807) is 6.92 Å². The van der Waals surface area contributed by atoms with Crippen molar-refractivity contribution in [1.82, 2.24) is 10.3 Å². The van der Waals surface area contributed by atoms with E-state index in [4.69, 9.17) is 28.0 Å². The van der Waals surface area contributed by atoms with Gasteiger partial charge in [0.1, 0.15) is 23.3 Å². The number of nitrogens with one attached hydrogen (secondary N) is 1. The van der Waals surface area contributed by atoms with E-state index < -0.39 is 35.1 Å². The van der Waals surface area contributed by atoms with Crippen molar-refractivity contribution < 1.29 is 27.2 Å². The van der Waals surface area contributed by atoms with Gasteiger partial charge in [-0.15, -0.1) is 0 Å². The average molecular weight is 514 g/mol. The maximum absolute atomic E-state index is 13.3. The maximum Gasteiger partial charge on any atom is 0.417 e. The van der Waals surface area contributed by atoms with Gasteiger partial charge in [-0.2, -0.15) is 13.2 Å². The first kappa shape index (κ1) is 25.5. The number of nitrogens with zero attached hydrogens (tertiary/aromatic N) is 2. The second-order valence-electron chi connectivity index (χ2n) is 7.05. The molecule has 34 heavy (non-hydrogen) atoms. The fourth-order valence-corrected chi connectivity index (χ4v) is 3.40. The molecular formula is C23H17Cl2F4N3O2. The molecule has 5 nitrogen and oxygen atoms in total. The van der Waals surface area contributed by atoms with E-state index in [1.807, 2.05) is 0 Å². The summed E-state index contributed by atoms with van der Waals surface area (Å²) in [5.74, 6) is -1.39. The van der Waals surface area contributed by atoms with Crippen LogP contribution in [0.25, 0.3) is 0 Å². The molecule has 0 spiro atoms. The van der Waals surface area contributed by atoms with Gasteiger partial charge < -0.3 is 10.2 Å². The lowest BCUT2D eigenvalue weighted by atomic mass is 10.1. The number of amides is 1. The minimum Gasteiger partial charge on any atom is -0.388 e. The number of hydrogen-bond acceptors (Lipinski definition) is 4. The summed E-state index contributed by atoms with van der Waals surface area (Å²) in [6.07, 6.45) is -4.04. The largest absolute Gasteiger partial charge is 0.417 e. The summed E-state index contributed by atoms with van der Waals surface area (Å²) in [7, 11) is 0. The normalized spacial score (nSPS) is 12.9. The highest BCUT2D eigenvalue weighted by atomic mass is 35.5. The van der Waals surface area contributed by atoms with Crippen LogP contribution in [-0.4, -0.2) is 23.1 Å². The van der Waals surface area contributed by atoms with Crippen molar-refractivity contribution in [2.45, 2.75) is 19.2 Å². The first-order valence-corrected chi connectivity index (χ1v) is 10.6. The second-order valence-corrected chi connectivity index (χ2v) is 7.89. The fraction of sp³-hybridized carbons (Fsp3) is 0.174. The molecule has 0 aliphatic carbocycles. The third-order valence-electron chi connectivity index (χ3n) is 4.64. The zero-order chi connectivity index (χ0) is 24.9. The quantitative estimate of drug-likeness (QED) is 0.224. The number of benzene rings is 2. The van der Waals surface area contributed by atoms with Crippen LogP contribution < -0.4 is 5.32 Å². The fourth-order valence-electron chi connectivity index (χ4n) is 2.91. The molecule has 1 N–H and O–H groups in total. The summed E-state index contributed by atoms with van der Waals surface area (Å²) in [5, 5.41) is 6.75. The monoisotopic (exact) mass is 513 g/mol. The number of carbonyl (C=O) groups is 1. The molecule has 11 heteroatoms. The van der Waals surface area contributed by atoms with Crippen LogP contribution in [0.3, 0.4) is 0 Å². The Morgan fingerprint density at radius 3 is 2.47 bits per heavy atom. The molecule has 0 saturated heterocycles. The molecule has 0 aliphatic heterocycles. The molecule has 0 saturated carbocycles. The molecule has 0 fully saturated rings. The minimum atomic E-state index is -4.71. The Bertz CT molecular complexity index is 1200. The van der Waals surface area contributed by atoms with Gasteiger partial charge in [-0.1, -0.05) is 52.6 Å². The summed E-state index contributed by atoms with van der Waals surface area (Å²) < 4.78 is 53.0. The Balaban J connectivity index is 1.85. The molecule has 0 radical (unpaired) electrons. The van der Waals surface area contributed by atoms with Crippen molar-refractivity contribution in [3.05, 3.63) is 99.0 Å². The molecule has 1 aromatic heterocycles. The van der Waals surface area contributed by atoms with Crippen LogP contribution in [0, 0.1) is 5.82 Å². The Morgan fingerprint density at radius 2 is 1.82 bits per heavy atom. The Hall–Kier alpha value is -3.17. The van der Waals surface area contributed by atoms with Crippen LogP contribution in [0.2, 0.25) is 10.0 Å². The Labute approximate surface area is 202 Å². The van der Waals surface area contributed by atoms with Gasteiger partial charge in [0, 0.05) is 6.20 Å². The van der Waals surface area contributed by atoms with Crippen LogP contribution in [0.4, 0.5) is 17.6 Å². The van der Waals surface area contributed by atoms with E-state index in [0.717, 1.165) is 12.1 Å². The number of rotatable bonds is 7. The van der Waals surface area contributed by atoms with Crippen LogP contribution in [0.15, 0.2) is 65.9 Å². The maximum atomic E-state index is 13.3. The summed E-state index contributed by atoms with van der Waals surface area (Å²) in [6.45, 7) is 1.30. The topological polar surface area (TPSA) is 63.6 Å². The number of pyridine rings is 1. The van der Waals surface area contributed by atoms with Crippen molar-refractivity contribution in [2.24, 2.45) is 5.16 Å². The number of oxime groups is 1. The number of halogens is 6. The molecule has 3 rings (SSSR count). The predicted molar refractivity (Wildman–Crippen MR) is 120 cm³/mol. The van der Waals surface area contributed by atoms with Gasteiger partial charge in [0.05, 0.1) is 27.7 Å². The Kier molecular flexibility index (Phi) is 8.11. The van der Waals surface area contributed by atoms with Crippen molar-refractivity contribution >= 4 is 34.8 Å². The van der Waals surface area contributed by atoms with Crippen LogP contribution in [0.5, 0.6) is 0 Å². The first-order chi connectivity index (χ1) is 16.1. The molecule has 1 unspecified atom stereocenters. The standard InChI is InChI=1S/C23H17Cl2F4N3O2/c1-13(14-6-8-16(26)9-7-14)34-32-20(21-19(25)10-15(24)11-30-21)12-31-22(33)17-4-2-3-5-18(17)23(27,28)29/h2-11,13H,12H2,1H3,(H,31,33). The van der Waals surface area contributed by atoms with Gasteiger partial charge >= 0.3 is 6.18 Å². The lowest BCUT2D eigenvalue weighted by Gasteiger charge is -2.15. The van der Waals surface area contributed by atoms with E-state index >= 15 is 0 Å². The zero-order valence-corrected chi connectivity index (χ0v) is 19.0. The molecule has 3 aromatic rings. The molecule has 1 heterocycles. The molecule has 2 aromatic carbocycles. The summed E-state index contributed by atoms with van der Waals surface area (Å²) >= 11 is 12.1. The summed E-state index contributed by atoms with van der Waals surface area (Å²) in [6, 6.07) is 11.3. The zero-order valence-electron chi connectivity index (χ0n) is 17.5. The van der Waals surface area contributed by atoms with Crippen LogP contribution >= 0.6 is 23.2 Å². The number of aromatic nitrogens is 1. The van der Waals surface area contributed by atoms with E-state index in [0.29, 0.717) is 5.56 Å². The minimum absolute atomic E-state index is 0.0356. The number of hydrogen-bond donors (Lipinski definition) is 1. The van der Waals surface area contributed by atoms with Gasteiger partial charge in [-0.3, -0.25) is 9.78 Å². The smallest absolute Gasteiger partial charge is 0.388 e. The third kappa shape index (κ3) is 6.45. The van der Waals surface area contributed by atoms with E-state index in [1.165, 1.54) is 48.7 Å². The summed E-state index contributed by atoms with van der Waals surface area (Å²) in [5.41, 5.74) is -0.863. The molecule has 1 amide bonds. The van der Waals surface area contributed by atoms with Gasteiger partial charge in [0.15, 0.2) is 0 Å². The van der Waals surface area contributed by atoms with Gasteiger partial charge in [-0.05, 0) is 42.8 Å². The van der Waals surface area contributed by atoms with Crippen LogP contribution in [0.1, 0.15) is 40.2 Å². The van der Waals surface area contributed by atoms with E-state index in [2.05, 4.69) is 15.5 Å². The predicted octanol–water partition coefficient (Wildman–Crippen LogP) is 6.46. The third-order valence-corrected chi connectivity index (χ3v) is 5.13. The highest BCUT2D eigenvalue weighted by Gasteiger charge is 2.34. The Morgan fingerprint density at radius 1 is 1.15 bits per heavy atom. The summed E-state index contributed by atoms with van der Waals surface area (Å²) in [4.78, 5) is 22.1. The highest BCUT2D eigenvalue weighted by Crippen LogP contribution is 2.31. The van der Waals surface area contributed by atoms with E-state index in [9.17, 15) is 22.4 Å². The van der Waals surface area contributed by atoms with Gasteiger partial charge in [0.2, 0.25) is 0 Å². The lowest BCUT2D eigenvalue weighted by Crippen LogP contribution is -2.32. The lowest BCUT2D eigenvalue weighted by molar-refractivity contribution is -0.137. The molecular weight excluding hydrogens is 497 g/mol. The molecule has 0 bridgehead atoms. The molecule has 1 atom stereocenters. The van der Waals surface area contributed by atoms with Crippen molar-refractivity contribution in [1.29, 1.82) is 0 Å². The SMILES string of the molecule is CC(ON=C(CNC(=O)c1ccccc1C(F)(F)F)c1ncc(Cl)cc1Cl)c1ccc(F)cc1. The molecule has 178 valence electrons.